The van der Waals surface area contributed by atoms with Gasteiger partial charge in [0.2, 0.25) is 5.78 Å². The second-order valence-corrected chi connectivity index (χ2v) is 8.81. The first-order chi connectivity index (χ1) is 17.9. The minimum atomic E-state index is -0.411. The summed E-state index contributed by atoms with van der Waals surface area (Å²) in [6.45, 7) is 4.65. The Hall–Kier alpha value is -4.52. The van der Waals surface area contributed by atoms with Gasteiger partial charge in [-0.15, -0.1) is 0 Å². The number of fused-ring (bicyclic) bond motifs is 2. The van der Waals surface area contributed by atoms with Gasteiger partial charge in [-0.05, 0) is 67.4 Å². The average Bonchev–Trinajstić information content (AvgIpc) is 3.40. The van der Waals surface area contributed by atoms with Crippen LogP contribution in [0.1, 0.15) is 34.0 Å². The first kappa shape index (κ1) is 24.2. The van der Waals surface area contributed by atoms with Gasteiger partial charge in [-0.1, -0.05) is 12.1 Å². The van der Waals surface area contributed by atoms with Crippen molar-refractivity contribution in [1.29, 1.82) is 0 Å². The van der Waals surface area contributed by atoms with Crippen LogP contribution < -0.4 is 18.9 Å². The van der Waals surface area contributed by atoms with E-state index in [2.05, 4.69) is 11.5 Å². The highest BCUT2D eigenvalue weighted by atomic mass is 16.5. The molecule has 0 unspecified atom stereocenters. The molecule has 0 saturated heterocycles. The Morgan fingerprint density at radius 1 is 0.973 bits per heavy atom. The molecule has 4 aromatic rings. The summed E-state index contributed by atoms with van der Waals surface area (Å²) in [4.78, 5) is 25.8. The van der Waals surface area contributed by atoms with Crippen molar-refractivity contribution in [3.05, 3.63) is 88.8 Å². The van der Waals surface area contributed by atoms with E-state index in [-0.39, 0.29) is 18.0 Å². The van der Waals surface area contributed by atoms with Crippen molar-refractivity contribution in [2.24, 2.45) is 0 Å². The summed E-state index contributed by atoms with van der Waals surface area (Å²) in [6, 6.07) is 16.4. The third-order valence-electron chi connectivity index (χ3n) is 6.43. The molecule has 188 valence electrons. The summed E-state index contributed by atoms with van der Waals surface area (Å²) in [5.74, 6) is 1.76. The van der Waals surface area contributed by atoms with Crippen LogP contribution in [0, 0.1) is 6.92 Å². The van der Waals surface area contributed by atoms with Gasteiger partial charge in [0.15, 0.2) is 5.76 Å². The normalized spacial score (nSPS) is 13.5. The highest BCUT2D eigenvalue weighted by Crippen LogP contribution is 2.38. The maximum Gasteiger partial charge on any atom is 0.315 e. The van der Waals surface area contributed by atoms with Crippen molar-refractivity contribution < 1.29 is 28.5 Å². The second-order valence-electron chi connectivity index (χ2n) is 8.81. The maximum absolute atomic E-state index is 13.2. The Morgan fingerprint density at radius 2 is 1.70 bits per heavy atom. The Labute approximate surface area is 214 Å². The zero-order valence-corrected chi connectivity index (χ0v) is 21.2. The molecule has 5 rings (SSSR count). The lowest BCUT2D eigenvalue weighted by Crippen LogP contribution is -2.11. The Kier molecular flexibility index (Phi) is 6.44. The predicted molar refractivity (Wildman–Crippen MR) is 141 cm³/mol. The van der Waals surface area contributed by atoms with Crippen molar-refractivity contribution >= 4 is 28.7 Å². The van der Waals surface area contributed by atoms with Crippen LogP contribution in [0.3, 0.4) is 0 Å². The standard InChI is InChI=1S/C30H27NO6/c1-5-31-17-20(24-15-22(35-4)10-11-25(24)31)14-27-30(33)29-18(2)12-23(16-26(29)37-27)36-28(32)13-19-6-8-21(34-3)9-7-19/h6-12,14-17H,5,13H2,1-4H3/b27-14-. The van der Waals surface area contributed by atoms with Crippen LogP contribution >= 0.6 is 0 Å². The number of carbonyl (C=O) groups excluding carboxylic acids is 2. The van der Waals surface area contributed by atoms with E-state index in [0.29, 0.717) is 22.6 Å². The van der Waals surface area contributed by atoms with E-state index in [4.69, 9.17) is 18.9 Å². The first-order valence-electron chi connectivity index (χ1n) is 12.0. The summed E-state index contributed by atoms with van der Waals surface area (Å²) < 4.78 is 24.2. The molecular weight excluding hydrogens is 470 g/mol. The van der Waals surface area contributed by atoms with Crippen molar-refractivity contribution in [3.8, 4) is 23.0 Å². The highest BCUT2D eigenvalue weighted by Gasteiger charge is 2.30. The van der Waals surface area contributed by atoms with Crippen molar-refractivity contribution in [2.75, 3.05) is 14.2 Å². The molecule has 0 atom stereocenters. The van der Waals surface area contributed by atoms with Gasteiger partial charge < -0.3 is 23.5 Å². The molecule has 0 N–H and O–H groups in total. The molecule has 0 saturated carbocycles. The molecule has 0 aliphatic carbocycles. The third kappa shape index (κ3) is 4.68. The quantitative estimate of drug-likeness (QED) is 0.184. The van der Waals surface area contributed by atoms with E-state index >= 15 is 0 Å². The van der Waals surface area contributed by atoms with E-state index in [1.807, 2.05) is 36.5 Å². The number of esters is 1. The van der Waals surface area contributed by atoms with Crippen LogP contribution in [0.25, 0.3) is 17.0 Å². The third-order valence-corrected chi connectivity index (χ3v) is 6.43. The number of rotatable bonds is 7. The van der Waals surface area contributed by atoms with Crippen molar-refractivity contribution in [2.45, 2.75) is 26.8 Å². The maximum atomic E-state index is 13.2. The molecular formula is C30H27NO6. The fourth-order valence-corrected chi connectivity index (χ4v) is 4.56. The minimum absolute atomic E-state index is 0.107. The van der Waals surface area contributed by atoms with E-state index in [1.54, 1.807) is 51.5 Å². The van der Waals surface area contributed by atoms with E-state index < -0.39 is 5.97 Å². The Bertz CT molecular complexity index is 1540. The number of Topliss-reactive ketones (excluding diaryl/α,β-unsaturated/α-hetero) is 1. The summed E-state index contributed by atoms with van der Waals surface area (Å²) in [7, 11) is 3.22. The molecule has 0 radical (unpaired) electrons. The second kappa shape index (κ2) is 9.85. The number of carbonyl (C=O) groups is 2. The van der Waals surface area contributed by atoms with Gasteiger partial charge in [-0.25, -0.2) is 0 Å². The molecule has 0 spiro atoms. The van der Waals surface area contributed by atoms with Crippen LogP contribution in [0.4, 0.5) is 0 Å². The Balaban J connectivity index is 1.39. The molecule has 7 heteroatoms. The van der Waals surface area contributed by atoms with Gasteiger partial charge in [0.05, 0.1) is 26.2 Å². The lowest BCUT2D eigenvalue weighted by Gasteiger charge is -2.08. The van der Waals surface area contributed by atoms with Crippen LogP contribution in [0.2, 0.25) is 0 Å². The molecule has 2 heterocycles. The van der Waals surface area contributed by atoms with Gasteiger partial charge in [0.1, 0.15) is 23.0 Å². The van der Waals surface area contributed by atoms with Gasteiger partial charge >= 0.3 is 5.97 Å². The molecule has 0 bridgehead atoms. The number of allylic oxidation sites excluding steroid dienone is 1. The average molecular weight is 498 g/mol. The summed E-state index contributed by atoms with van der Waals surface area (Å²) in [5.41, 5.74) is 3.85. The van der Waals surface area contributed by atoms with E-state index in [9.17, 15) is 9.59 Å². The van der Waals surface area contributed by atoms with Crippen molar-refractivity contribution in [3.63, 3.8) is 0 Å². The number of aryl methyl sites for hydroxylation is 2. The molecule has 0 fully saturated rings. The molecule has 7 nitrogen and oxygen atoms in total. The number of ether oxygens (including phenoxy) is 4. The zero-order valence-electron chi connectivity index (χ0n) is 21.2. The number of aromatic nitrogens is 1. The summed E-state index contributed by atoms with van der Waals surface area (Å²) in [6.07, 6.45) is 3.86. The zero-order chi connectivity index (χ0) is 26.1. The summed E-state index contributed by atoms with van der Waals surface area (Å²) >= 11 is 0. The topological polar surface area (TPSA) is 76.0 Å². The molecule has 1 aliphatic heterocycles. The molecule has 1 aromatic heterocycles. The minimum Gasteiger partial charge on any atom is -0.497 e. The fourth-order valence-electron chi connectivity index (χ4n) is 4.56. The molecule has 0 amide bonds. The van der Waals surface area contributed by atoms with Gasteiger partial charge in [0.25, 0.3) is 0 Å². The van der Waals surface area contributed by atoms with Crippen LogP contribution in [0.15, 0.2) is 66.6 Å². The van der Waals surface area contributed by atoms with Crippen LogP contribution in [0.5, 0.6) is 23.0 Å². The lowest BCUT2D eigenvalue weighted by atomic mass is 10.0. The predicted octanol–water partition coefficient (Wildman–Crippen LogP) is 5.75. The number of hydrogen-bond acceptors (Lipinski definition) is 6. The number of ketones is 1. The monoisotopic (exact) mass is 497 g/mol. The molecule has 37 heavy (non-hydrogen) atoms. The van der Waals surface area contributed by atoms with Crippen LogP contribution in [-0.4, -0.2) is 30.5 Å². The Morgan fingerprint density at radius 3 is 2.41 bits per heavy atom. The fraction of sp³-hybridized carbons (Fsp3) is 0.200. The van der Waals surface area contributed by atoms with Gasteiger partial charge in [-0.2, -0.15) is 0 Å². The number of hydrogen-bond donors (Lipinski definition) is 0. The van der Waals surface area contributed by atoms with E-state index in [0.717, 1.165) is 40.1 Å². The highest BCUT2D eigenvalue weighted by molar-refractivity contribution is 6.16. The number of benzene rings is 3. The smallest absolute Gasteiger partial charge is 0.315 e. The van der Waals surface area contributed by atoms with Gasteiger partial charge in [0, 0.05) is 35.3 Å². The van der Waals surface area contributed by atoms with Crippen molar-refractivity contribution in [1.82, 2.24) is 4.57 Å². The molecule has 1 aliphatic rings. The first-order valence-corrected chi connectivity index (χ1v) is 12.0. The summed E-state index contributed by atoms with van der Waals surface area (Å²) in [5, 5.41) is 0.964. The largest absolute Gasteiger partial charge is 0.497 e. The number of nitrogens with zero attached hydrogens (tertiary/aromatic N) is 1. The molecule has 3 aromatic carbocycles. The van der Waals surface area contributed by atoms with Gasteiger partial charge in [-0.3, -0.25) is 9.59 Å². The van der Waals surface area contributed by atoms with Crippen LogP contribution in [-0.2, 0) is 17.8 Å². The number of methoxy groups -OCH3 is 2. The van der Waals surface area contributed by atoms with E-state index in [1.165, 1.54) is 0 Å². The lowest BCUT2D eigenvalue weighted by molar-refractivity contribution is -0.133. The SMILES string of the molecule is CCn1cc(/C=C2\Oc3cc(OC(=O)Cc4ccc(OC)cc4)cc(C)c3C2=O)c2cc(OC)ccc21.